The molecule has 8 atom stereocenters. The largest absolute Gasteiger partial charge is 0.481 e. The first kappa shape index (κ1) is 19.5. The SMILES string of the molecule is CC(CCC(=O)O)[C@H]1CC[C@H]2[C@@H]3CCC4CC(=O)CC[C@]4(C)[C@H]3CC[C@]12C. The Morgan fingerprint density at radius 1 is 1.07 bits per heavy atom. The first-order valence-electron chi connectivity index (χ1n) is 11.5. The van der Waals surface area contributed by atoms with Gasteiger partial charge in [0, 0.05) is 19.3 Å². The van der Waals surface area contributed by atoms with Crippen LogP contribution in [0.15, 0.2) is 0 Å². The molecule has 0 bridgehead atoms. The van der Waals surface area contributed by atoms with E-state index in [9.17, 15) is 9.59 Å². The van der Waals surface area contributed by atoms with Gasteiger partial charge in [-0.2, -0.15) is 0 Å². The molecule has 4 aliphatic carbocycles. The summed E-state index contributed by atoms with van der Waals surface area (Å²) in [4.78, 5) is 23.1. The summed E-state index contributed by atoms with van der Waals surface area (Å²) in [7, 11) is 0. The number of carboxylic acids is 1. The van der Waals surface area contributed by atoms with Crippen LogP contribution in [0.2, 0.25) is 0 Å². The van der Waals surface area contributed by atoms with Crippen molar-refractivity contribution in [2.24, 2.45) is 46.3 Å². The number of carbonyl (C=O) groups excluding carboxylic acids is 1. The van der Waals surface area contributed by atoms with Crippen LogP contribution in [0.5, 0.6) is 0 Å². The fraction of sp³-hybridized carbons (Fsp3) is 0.917. The average molecular weight is 375 g/mol. The van der Waals surface area contributed by atoms with E-state index in [0.717, 1.165) is 43.4 Å². The second-order valence-electron chi connectivity index (χ2n) is 11.0. The summed E-state index contributed by atoms with van der Waals surface area (Å²) >= 11 is 0. The van der Waals surface area contributed by atoms with E-state index < -0.39 is 5.97 Å². The molecule has 0 aromatic rings. The van der Waals surface area contributed by atoms with Gasteiger partial charge in [0.2, 0.25) is 0 Å². The standard InChI is InChI=1S/C24H38O3/c1-15(4-9-22(26)27)19-7-8-20-18-6-5-16-14-17(25)10-12-23(16,2)21(18)11-13-24(19,20)3/h15-16,18-21H,4-14H2,1-3H3,(H,26,27)/t15?,16?,18-,19+,20-,21-,23-,24+/m0/s1. The third-order valence-corrected chi connectivity index (χ3v) is 10.1. The number of rotatable bonds is 4. The van der Waals surface area contributed by atoms with Crippen molar-refractivity contribution in [3.8, 4) is 0 Å². The Balaban J connectivity index is 1.52. The minimum absolute atomic E-state index is 0.318. The number of carboxylic acid groups (broad SMARTS) is 1. The fourth-order valence-electron chi connectivity index (χ4n) is 8.57. The first-order chi connectivity index (χ1) is 12.8. The number of hydrogen-bond acceptors (Lipinski definition) is 2. The maximum Gasteiger partial charge on any atom is 0.303 e. The van der Waals surface area contributed by atoms with Crippen LogP contribution in [-0.4, -0.2) is 16.9 Å². The van der Waals surface area contributed by atoms with Gasteiger partial charge < -0.3 is 5.11 Å². The molecule has 3 heteroatoms. The van der Waals surface area contributed by atoms with E-state index >= 15 is 0 Å². The van der Waals surface area contributed by atoms with Crippen molar-refractivity contribution in [2.45, 2.75) is 91.4 Å². The van der Waals surface area contributed by atoms with Crippen LogP contribution < -0.4 is 0 Å². The number of fused-ring (bicyclic) bond motifs is 5. The Morgan fingerprint density at radius 2 is 1.81 bits per heavy atom. The lowest BCUT2D eigenvalue weighted by atomic mass is 9.44. The molecule has 0 radical (unpaired) electrons. The van der Waals surface area contributed by atoms with Gasteiger partial charge in [-0.05, 0) is 97.7 Å². The zero-order chi connectivity index (χ0) is 19.4. The van der Waals surface area contributed by atoms with Crippen LogP contribution >= 0.6 is 0 Å². The highest BCUT2D eigenvalue weighted by Crippen LogP contribution is 2.68. The molecule has 27 heavy (non-hydrogen) atoms. The zero-order valence-corrected chi connectivity index (χ0v) is 17.5. The Morgan fingerprint density at radius 3 is 2.56 bits per heavy atom. The van der Waals surface area contributed by atoms with E-state index in [1.165, 1.54) is 38.5 Å². The monoisotopic (exact) mass is 374 g/mol. The van der Waals surface area contributed by atoms with Crippen LogP contribution in [0.1, 0.15) is 91.4 Å². The van der Waals surface area contributed by atoms with E-state index in [1.807, 2.05) is 0 Å². The van der Waals surface area contributed by atoms with Crippen LogP contribution in [0.25, 0.3) is 0 Å². The van der Waals surface area contributed by atoms with Crippen LogP contribution in [-0.2, 0) is 9.59 Å². The van der Waals surface area contributed by atoms with Crippen molar-refractivity contribution in [3.05, 3.63) is 0 Å². The predicted molar refractivity (Wildman–Crippen MR) is 106 cm³/mol. The van der Waals surface area contributed by atoms with E-state index in [0.29, 0.717) is 40.8 Å². The first-order valence-corrected chi connectivity index (χ1v) is 11.5. The van der Waals surface area contributed by atoms with Crippen LogP contribution in [0.4, 0.5) is 0 Å². The van der Waals surface area contributed by atoms with Crippen molar-refractivity contribution in [2.75, 3.05) is 0 Å². The van der Waals surface area contributed by atoms with Gasteiger partial charge in [0.1, 0.15) is 5.78 Å². The minimum Gasteiger partial charge on any atom is -0.481 e. The Bertz CT molecular complexity index is 613. The summed E-state index contributed by atoms with van der Waals surface area (Å²) in [6.45, 7) is 7.37. The highest BCUT2D eigenvalue weighted by Gasteiger charge is 2.60. The average Bonchev–Trinajstić information content (AvgIpc) is 2.97. The van der Waals surface area contributed by atoms with E-state index in [2.05, 4.69) is 20.8 Å². The van der Waals surface area contributed by atoms with Crippen molar-refractivity contribution < 1.29 is 14.7 Å². The summed E-state index contributed by atoms with van der Waals surface area (Å²) in [5.41, 5.74) is 0.804. The number of hydrogen-bond donors (Lipinski definition) is 1. The summed E-state index contributed by atoms with van der Waals surface area (Å²) in [6.07, 6.45) is 11.8. The van der Waals surface area contributed by atoms with Gasteiger partial charge in [0.15, 0.2) is 0 Å². The quantitative estimate of drug-likeness (QED) is 0.685. The molecular formula is C24H38O3. The van der Waals surface area contributed by atoms with Crippen molar-refractivity contribution in [3.63, 3.8) is 0 Å². The predicted octanol–water partition coefficient (Wildman–Crippen LogP) is 5.72. The van der Waals surface area contributed by atoms with Gasteiger partial charge in [-0.1, -0.05) is 20.8 Å². The molecule has 4 aliphatic rings. The van der Waals surface area contributed by atoms with Crippen LogP contribution in [0, 0.1) is 46.3 Å². The zero-order valence-electron chi connectivity index (χ0n) is 17.5. The molecule has 3 nitrogen and oxygen atoms in total. The minimum atomic E-state index is -0.650. The molecule has 0 saturated heterocycles. The van der Waals surface area contributed by atoms with Gasteiger partial charge in [0.05, 0.1) is 0 Å². The van der Waals surface area contributed by atoms with Gasteiger partial charge in [0.25, 0.3) is 0 Å². The Kier molecular flexibility index (Phi) is 4.96. The lowest BCUT2D eigenvalue weighted by Gasteiger charge is -2.60. The maximum atomic E-state index is 12.0. The van der Waals surface area contributed by atoms with Gasteiger partial charge in [-0.3, -0.25) is 9.59 Å². The number of aliphatic carboxylic acids is 1. The van der Waals surface area contributed by atoms with Crippen molar-refractivity contribution in [1.29, 1.82) is 0 Å². The second-order valence-corrected chi connectivity index (χ2v) is 11.0. The number of carbonyl (C=O) groups is 2. The van der Waals surface area contributed by atoms with Crippen molar-refractivity contribution >= 4 is 11.8 Å². The third-order valence-electron chi connectivity index (χ3n) is 10.1. The number of Topliss-reactive ketones (excluding diaryl/α,β-unsaturated/α-hetero) is 1. The molecular weight excluding hydrogens is 336 g/mol. The molecule has 4 saturated carbocycles. The fourth-order valence-corrected chi connectivity index (χ4v) is 8.57. The molecule has 0 heterocycles. The molecule has 0 spiro atoms. The maximum absolute atomic E-state index is 12.0. The van der Waals surface area contributed by atoms with E-state index in [1.54, 1.807) is 0 Å². The van der Waals surface area contributed by atoms with Gasteiger partial charge >= 0.3 is 5.97 Å². The molecule has 1 N–H and O–H groups in total. The summed E-state index contributed by atoms with van der Waals surface area (Å²) in [5.74, 6) is 4.19. The molecule has 0 aliphatic heterocycles. The van der Waals surface area contributed by atoms with Crippen LogP contribution in [0.3, 0.4) is 0 Å². The lowest BCUT2D eigenvalue weighted by molar-refractivity contribution is -0.140. The van der Waals surface area contributed by atoms with Crippen molar-refractivity contribution in [1.82, 2.24) is 0 Å². The molecule has 0 amide bonds. The molecule has 2 unspecified atom stereocenters. The molecule has 152 valence electrons. The van der Waals surface area contributed by atoms with E-state index in [-0.39, 0.29) is 0 Å². The normalized spacial score (nSPS) is 47.7. The smallest absolute Gasteiger partial charge is 0.303 e. The molecule has 0 aromatic carbocycles. The Hall–Kier alpha value is -0.860. The Labute approximate surface area is 164 Å². The molecule has 4 fully saturated rings. The van der Waals surface area contributed by atoms with Gasteiger partial charge in [-0.25, -0.2) is 0 Å². The highest BCUT2D eigenvalue weighted by atomic mass is 16.4. The number of ketones is 1. The molecule has 0 aromatic heterocycles. The summed E-state index contributed by atoms with van der Waals surface area (Å²) in [6, 6.07) is 0. The second kappa shape index (κ2) is 6.88. The summed E-state index contributed by atoms with van der Waals surface area (Å²) < 4.78 is 0. The molecule has 4 rings (SSSR count). The highest BCUT2D eigenvalue weighted by molar-refractivity contribution is 5.79. The topological polar surface area (TPSA) is 54.4 Å². The summed E-state index contributed by atoms with van der Waals surface area (Å²) in [5, 5.41) is 9.09. The van der Waals surface area contributed by atoms with Gasteiger partial charge in [-0.15, -0.1) is 0 Å². The lowest BCUT2D eigenvalue weighted by Crippen LogP contribution is -2.53. The third kappa shape index (κ3) is 3.08. The van der Waals surface area contributed by atoms with E-state index in [4.69, 9.17) is 5.11 Å².